The summed E-state index contributed by atoms with van der Waals surface area (Å²) in [6, 6.07) is 9.00. The van der Waals surface area contributed by atoms with Crippen molar-refractivity contribution in [3.05, 3.63) is 30.3 Å². The first-order chi connectivity index (χ1) is 12.4. The van der Waals surface area contributed by atoms with Crippen LogP contribution in [0.15, 0.2) is 34.7 Å². The van der Waals surface area contributed by atoms with Gasteiger partial charge in [0.1, 0.15) is 5.75 Å². The Morgan fingerprint density at radius 2 is 1.85 bits per heavy atom. The van der Waals surface area contributed by atoms with Crippen LogP contribution in [0.2, 0.25) is 0 Å². The molecule has 0 radical (unpaired) electrons. The van der Waals surface area contributed by atoms with Crippen molar-refractivity contribution in [2.75, 3.05) is 18.4 Å². The Bertz CT molecular complexity index is 820. The molecule has 0 spiro atoms. The first-order valence-electron chi connectivity index (χ1n) is 8.28. The number of amides is 1. The summed E-state index contributed by atoms with van der Waals surface area (Å²) < 4.78 is 31.6. The third-order valence-electron chi connectivity index (χ3n) is 3.59. The van der Waals surface area contributed by atoms with Crippen molar-refractivity contribution in [1.82, 2.24) is 14.5 Å². The van der Waals surface area contributed by atoms with Crippen LogP contribution in [0.1, 0.15) is 27.2 Å². The largest absolute Gasteiger partial charge is 0.481 e. The standard InChI is InChI=1S/C16H22N4O4S2/c1-4-13(24-12-10-8-7-9-11-12)14(21)17-15-18-19-16(25-15)26(22,23)20(5-2)6-3/h7-11,13H,4-6H2,1-3H3,(H,17,18,21). The van der Waals surface area contributed by atoms with Crippen LogP contribution in [0.25, 0.3) is 0 Å². The van der Waals surface area contributed by atoms with E-state index in [0.29, 0.717) is 25.3 Å². The lowest BCUT2D eigenvalue weighted by atomic mass is 10.2. The molecule has 2 aromatic rings. The van der Waals surface area contributed by atoms with Gasteiger partial charge in [-0.2, -0.15) is 4.31 Å². The molecule has 2 rings (SSSR count). The minimum Gasteiger partial charge on any atom is -0.481 e. The van der Waals surface area contributed by atoms with Crippen molar-refractivity contribution in [2.24, 2.45) is 0 Å². The highest BCUT2D eigenvalue weighted by Crippen LogP contribution is 2.23. The Labute approximate surface area is 157 Å². The normalized spacial score (nSPS) is 12.8. The van der Waals surface area contributed by atoms with Crippen molar-refractivity contribution >= 4 is 32.4 Å². The second-order valence-electron chi connectivity index (χ2n) is 5.28. The van der Waals surface area contributed by atoms with Crippen LogP contribution in [-0.2, 0) is 14.8 Å². The van der Waals surface area contributed by atoms with E-state index in [4.69, 9.17) is 4.74 Å². The molecule has 0 saturated heterocycles. The van der Waals surface area contributed by atoms with Crippen LogP contribution in [0, 0.1) is 0 Å². The molecule has 1 amide bonds. The number of nitrogens with one attached hydrogen (secondary N) is 1. The first-order valence-corrected chi connectivity index (χ1v) is 10.5. The van der Waals surface area contributed by atoms with Crippen LogP contribution in [-0.4, -0.2) is 48.0 Å². The van der Waals surface area contributed by atoms with E-state index < -0.39 is 22.0 Å². The molecule has 0 aliphatic carbocycles. The van der Waals surface area contributed by atoms with Gasteiger partial charge in [0.2, 0.25) is 9.47 Å². The molecular formula is C16H22N4O4S2. The molecule has 1 atom stereocenters. The lowest BCUT2D eigenvalue weighted by Gasteiger charge is -2.16. The van der Waals surface area contributed by atoms with Crippen LogP contribution in [0.4, 0.5) is 5.13 Å². The number of benzene rings is 1. The monoisotopic (exact) mass is 398 g/mol. The molecule has 1 aromatic carbocycles. The Kier molecular flexibility index (Phi) is 7.06. The van der Waals surface area contributed by atoms with Gasteiger partial charge in [0.05, 0.1) is 0 Å². The predicted molar refractivity (Wildman–Crippen MR) is 99.8 cm³/mol. The van der Waals surface area contributed by atoms with Crippen LogP contribution in [0.5, 0.6) is 5.75 Å². The molecule has 10 heteroatoms. The van der Waals surface area contributed by atoms with Crippen LogP contribution >= 0.6 is 11.3 Å². The van der Waals surface area contributed by atoms with Crippen molar-refractivity contribution in [3.63, 3.8) is 0 Å². The number of hydrogen-bond donors (Lipinski definition) is 1. The van der Waals surface area contributed by atoms with E-state index in [-0.39, 0.29) is 9.47 Å². The second kappa shape index (κ2) is 9.06. The average molecular weight is 399 g/mol. The zero-order valence-electron chi connectivity index (χ0n) is 14.9. The molecule has 142 valence electrons. The zero-order valence-corrected chi connectivity index (χ0v) is 16.5. The SMILES string of the molecule is CCC(Oc1ccccc1)C(=O)Nc1nnc(S(=O)(=O)N(CC)CC)s1. The maximum atomic E-state index is 12.4. The van der Waals surface area contributed by atoms with E-state index in [2.05, 4.69) is 15.5 Å². The summed E-state index contributed by atoms with van der Waals surface area (Å²) in [5.74, 6) is 0.177. The van der Waals surface area contributed by atoms with Gasteiger partial charge in [-0.05, 0) is 18.6 Å². The van der Waals surface area contributed by atoms with Crippen LogP contribution < -0.4 is 10.1 Å². The van der Waals surface area contributed by atoms with Gasteiger partial charge in [0, 0.05) is 13.1 Å². The molecule has 0 aliphatic heterocycles. The molecule has 1 heterocycles. The number of ether oxygens (including phenoxy) is 1. The lowest BCUT2D eigenvalue weighted by molar-refractivity contribution is -0.122. The van der Waals surface area contributed by atoms with Gasteiger partial charge in [-0.3, -0.25) is 10.1 Å². The number of para-hydroxylation sites is 1. The summed E-state index contributed by atoms with van der Waals surface area (Å²) in [6.45, 7) is 5.99. The highest BCUT2D eigenvalue weighted by molar-refractivity contribution is 7.91. The maximum Gasteiger partial charge on any atom is 0.272 e. The van der Waals surface area contributed by atoms with Gasteiger partial charge in [-0.25, -0.2) is 8.42 Å². The number of anilines is 1. The lowest BCUT2D eigenvalue weighted by Crippen LogP contribution is -2.32. The van der Waals surface area contributed by atoms with Crippen LogP contribution in [0.3, 0.4) is 0 Å². The van der Waals surface area contributed by atoms with Gasteiger partial charge >= 0.3 is 0 Å². The molecule has 0 bridgehead atoms. The van der Waals surface area contributed by atoms with E-state index in [0.717, 1.165) is 11.3 Å². The summed E-state index contributed by atoms with van der Waals surface area (Å²) in [4.78, 5) is 12.4. The number of nitrogens with zero attached hydrogens (tertiary/aromatic N) is 3. The number of aromatic nitrogens is 2. The molecule has 0 aliphatic rings. The number of carbonyl (C=O) groups excluding carboxylic acids is 1. The number of sulfonamides is 1. The molecule has 1 unspecified atom stereocenters. The summed E-state index contributed by atoms with van der Waals surface area (Å²) in [5.41, 5.74) is 0. The minimum absolute atomic E-state index is 0.121. The Balaban J connectivity index is 2.08. The summed E-state index contributed by atoms with van der Waals surface area (Å²) in [5, 5.41) is 10.2. The highest BCUT2D eigenvalue weighted by Gasteiger charge is 2.27. The number of hydrogen-bond acceptors (Lipinski definition) is 7. The third kappa shape index (κ3) is 4.77. The molecule has 8 nitrogen and oxygen atoms in total. The third-order valence-corrected chi connectivity index (χ3v) is 6.82. The predicted octanol–water partition coefficient (Wildman–Crippen LogP) is 2.36. The topological polar surface area (TPSA) is 101 Å². The van der Waals surface area contributed by atoms with Crippen molar-refractivity contribution in [3.8, 4) is 5.75 Å². The Hall–Kier alpha value is -2.04. The van der Waals surface area contributed by atoms with Crippen molar-refractivity contribution in [2.45, 2.75) is 37.6 Å². The fourth-order valence-corrected chi connectivity index (χ4v) is 4.71. The van der Waals surface area contributed by atoms with E-state index in [1.54, 1.807) is 26.0 Å². The average Bonchev–Trinajstić information content (AvgIpc) is 3.10. The summed E-state index contributed by atoms with van der Waals surface area (Å²) in [6.07, 6.45) is -0.270. The fourth-order valence-electron chi connectivity index (χ4n) is 2.21. The fraction of sp³-hybridized carbons (Fsp3) is 0.438. The number of carbonyl (C=O) groups is 1. The Morgan fingerprint density at radius 3 is 2.42 bits per heavy atom. The van der Waals surface area contributed by atoms with E-state index in [1.165, 1.54) is 4.31 Å². The smallest absolute Gasteiger partial charge is 0.272 e. The molecule has 1 N–H and O–H groups in total. The maximum absolute atomic E-state index is 12.4. The molecular weight excluding hydrogens is 376 g/mol. The number of rotatable bonds is 9. The molecule has 26 heavy (non-hydrogen) atoms. The van der Waals surface area contributed by atoms with Gasteiger partial charge in [0.15, 0.2) is 6.10 Å². The minimum atomic E-state index is -3.69. The van der Waals surface area contributed by atoms with Gasteiger partial charge in [-0.15, -0.1) is 10.2 Å². The summed E-state index contributed by atoms with van der Waals surface area (Å²) in [7, 11) is -3.69. The molecule has 0 saturated carbocycles. The first kappa shape index (κ1) is 20.3. The Morgan fingerprint density at radius 1 is 1.19 bits per heavy atom. The van der Waals surface area contributed by atoms with Gasteiger partial charge < -0.3 is 4.74 Å². The van der Waals surface area contributed by atoms with Crippen molar-refractivity contribution < 1.29 is 17.9 Å². The van der Waals surface area contributed by atoms with E-state index in [9.17, 15) is 13.2 Å². The molecule has 0 fully saturated rings. The van der Waals surface area contributed by atoms with E-state index in [1.807, 2.05) is 25.1 Å². The molecule has 1 aromatic heterocycles. The van der Waals surface area contributed by atoms with Gasteiger partial charge in [0.25, 0.3) is 15.9 Å². The zero-order chi connectivity index (χ0) is 19.2. The van der Waals surface area contributed by atoms with Crippen molar-refractivity contribution in [1.29, 1.82) is 0 Å². The highest BCUT2D eigenvalue weighted by atomic mass is 32.2. The second-order valence-corrected chi connectivity index (χ2v) is 8.37. The quantitative estimate of drug-likeness (QED) is 0.651. The van der Waals surface area contributed by atoms with E-state index >= 15 is 0 Å². The summed E-state index contributed by atoms with van der Waals surface area (Å²) >= 11 is 0.822. The van der Waals surface area contributed by atoms with Gasteiger partial charge in [-0.1, -0.05) is 50.3 Å².